The van der Waals surface area contributed by atoms with Gasteiger partial charge in [-0.05, 0) is 59.7 Å². The van der Waals surface area contributed by atoms with E-state index in [1.165, 1.54) is 17.7 Å². The summed E-state index contributed by atoms with van der Waals surface area (Å²) >= 11 is 0. The van der Waals surface area contributed by atoms with Crippen LogP contribution in [-0.4, -0.2) is 33.9 Å². The molecule has 3 aromatic rings. The minimum Gasteiger partial charge on any atom is -0.370 e. The molecule has 2 N–H and O–H groups in total. The van der Waals surface area contributed by atoms with Crippen molar-refractivity contribution in [2.75, 3.05) is 18.4 Å². The first-order valence-electron chi connectivity index (χ1n) is 13.1. The molecular formula is C29H32F3N5O. The van der Waals surface area contributed by atoms with Gasteiger partial charge in [0.1, 0.15) is 5.82 Å². The third-order valence-electron chi connectivity index (χ3n) is 7.23. The number of aryl methyl sites for hydroxylation is 1. The van der Waals surface area contributed by atoms with E-state index in [-0.39, 0.29) is 17.9 Å². The van der Waals surface area contributed by atoms with Crippen LogP contribution in [-0.2, 0) is 32.1 Å². The highest BCUT2D eigenvalue weighted by atomic mass is 19.4. The second-order valence-corrected chi connectivity index (χ2v) is 10.4. The van der Waals surface area contributed by atoms with Crippen molar-refractivity contribution in [1.29, 1.82) is 0 Å². The van der Waals surface area contributed by atoms with Crippen LogP contribution in [0.1, 0.15) is 70.3 Å². The van der Waals surface area contributed by atoms with Gasteiger partial charge in [0.2, 0.25) is 0 Å². The Labute approximate surface area is 220 Å². The van der Waals surface area contributed by atoms with Crippen LogP contribution in [0.25, 0.3) is 0 Å². The number of carbonyl (C=O) groups is 1. The molecule has 0 radical (unpaired) electrons. The largest absolute Gasteiger partial charge is 0.416 e. The average Bonchev–Trinajstić information content (AvgIpc) is 3.25. The summed E-state index contributed by atoms with van der Waals surface area (Å²) in [4.78, 5) is 24.4. The molecule has 200 valence electrons. The maximum absolute atomic E-state index is 12.9. The molecule has 6 nitrogen and oxygen atoms in total. The van der Waals surface area contributed by atoms with Gasteiger partial charge in [0.15, 0.2) is 0 Å². The number of rotatable bonds is 7. The van der Waals surface area contributed by atoms with Gasteiger partial charge in [-0.25, -0.2) is 4.98 Å². The maximum Gasteiger partial charge on any atom is 0.416 e. The van der Waals surface area contributed by atoms with Gasteiger partial charge in [-0.15, -0.1) is 0 Å². The van der Waals surface area contributed by atoms with Gasteiger partial charge in [0.05, 0.1) is 22.9 Å². The van der Waals surface area contributed by atoms with Crippen molar-refractivity contribution in [3.8, 4) is 0 Å². The number of pyridine rings is 2. The van der Waals surface area contributed by atoms with Gasteiger partial charge < -0.3 is 10.6 Å². The van der Waals surface area contributed by atoms with E-state index in [2.05, 4.69) is 45.4 Å². The molecule has 38 heavy (non-hydrogen) atoms. The Balaban J connectivity index is 1.22. The van der Waals surface area contributed by atoms with Crippen molar-refractivity contribution in [1.82, 2.24) is 20.2 Å². The van der Waals surface area contributed by atoms with Crippen molar-refractivity contribution in [3.63, 3.8) is 0 Å². The van der Waals surface area contributed by atoms with Crippen LogP contribution in [0, 0.1) is 5.92 Å². The zero-order valence-corrected chi connectivity index (χ0v) is 21.6. The maximum atomic E-state index is 12.9. The standard InChI is InChI=1S/C29H32F3N5O/c1-18(2)26-25-22(17-37(26)16-19-5-8-23(9-6-19)29(30,31)32)14-21(15-35-25)28(38)34-13-11-24-10-7-20-4-3-12-33-27(20)36-24/h5-10,14-15,18,26H,3-4,11-13,16-17H2,1-2H3,(H,33,36)(H,34,38). The number of aromatic nitrogens is 2. The van der Waals surface area contributed by atoms with Crippen molar-refractivity contribution in [3.05, 3.63) is 87.9 Å². The Morgan fingerprint density at radius 1 is 1.16 bits per heavy atom. The Bertz CT molecular complexity index is 1310. The fraction of sp³-hybridized carbons (Fsp3) is 0.414. The number of alkyl halides is 3. The lowest BCUT2D eigenvalue weighted by Gasteiger charge is -2.27. The van der Waals surface area contributed by atoms with Crippen LogP contribution >= 0.6 is 0 Å². The van der Waals surface area contributed by atoms with Crippen molar-refractivity contribution in [2.45, 2.75) is 58.4 Å². The summed E-state index contributed by atoms with van der Waals surface area (Å²) in [6.45, 7) is 6.69. The zero-order valence-electron chi connectivity index (χ0n) is 21.6. The second-order valence-electron chi connectivity index (χ2n) is 10.4. The van der Waals surface area contributed by atoms with Crippen molar-refractivity contribution < 1.29 is 18.0 Å². The molecule has 2 aliphatic heterocycles. The molecule has 9 heteroatoms. The Kier molecular flexibility index (Phi) is 7.38. The first-order chi connectivity index (χ1) is 18.2. The lowest BCUT2D eigenvalue weighted by Crippen LogP contribution is -2.26. The number of nitrogens with one attached hydrogen (secondary N) is 2. The number of carbonyl (C=O) groups excluding carboxylic acids is 1. The zero-order chi connectivity index (χ0) is 26.9. The molecule has 0 saturated carbocycles. The number of hydrogen-bond donors (Lipinski definition) is 2. The van der Waals surface area contributed by atoms with Gasteiger partial charge in [-0.2, -0.15) is 13.2 Å². The Hall–Kier alpha value is -3.46. The number of hydrogen-bond acceptors (Lipinski definition) is 5. The van der Waals surface area contributed by atoms with Crippen LogP contribution in [0.15, 0.2) is 48.7 Å². The molecule has 1 aromatic carbocycles. The van der Waals surface area contributed by atoms with Gasteiger partial charge >= 0.3 is 6.18 Å². The molecule has 2 aliphatic rings. The molecule has 0 bridgehead atoms. The lowest BCUT2D eigenvalue weighted by atomic mass is 9.99. The quantitative estimate of drug-likeness (QED) is 0.426. The summed E-state index contributed by atoms with van der Waals surface area (Å²) < 4.78 is 38.8. The molecule has 1 atom stereocenters. The molecule has 0 fully saturated rings. The van der Waals surface area contributed by atoms with E-state index < -0.39 is 11.7 Å². The van der Waals surface area contributed by atoms with Gasteiger partial charge in [0, 0.05) is 44.5 Å². The predicted molar refractivity (Wildman–Crippen MR) is 140 cm³/mol. The first kappa shape index (κ1) is 26.2. The fourth-order valence-electron chi connectivity index (χ4n) is 5.37. The van der Waals surface area contributed by atoms with E-state index in [0.717, 1.165) is 59.9 Å². The molecule has 0 saturated heterocycles. The van der Waals surface area contributed by atoms with Crippen molar-refractivity contribution >= 4 is 11.7 Å². The molecule has 5 rings (SSSR count). The van der Waals surface area contributed by atoms with Crippen LogP contribution in [0.4, 0.5) is 19.0 Å². The highest BCUT2D eigenvalue weighted by Gasteiger charge is 2.35. The minimum atomic E-state index is -4.35. The average molecular weight is 524 g/mol. The molecule has 1 unspecified atom stereocenters. The number of fused-ring (bicyclic) bond motifs is 2. The Morgan fingerprint density at radius 2 is 1.95 bits per heavy atom. The minimum absolute atomic E-state index is 0.0214. The fourth-order valence-corrected chi connectivity index (χ4v) is 5.37. The third kappa shape index (κ3) is 5.67. The number of amides is 1. The summed E-state index contributed by atoms with van der Waals surface area (Å²) in [5.41, 5.74) is 4.73. The molecule has 2 aromatic heterocycles. The van der Waals surface area contributed by atoms with E-state index in [1.807, 2.05) is 12.1 Å². The lowest BCUT2D eigenvalue weighted by molar-refractivity contribution is -0.137. The van der Waals surface area contributed by atoms with E-state index in [9.17, 15) is 18.0 Å². The SMILES string of the molecule is CC(C)C1c2ncc(C(=O)NCCc3ccc4c(n3)NCCC4)cc2CN1Cc1ccc(C(F)(F)F)cc1. The monoisotopic (exact) mass is 523 g/mol. The second kappa shape index (κ2) is 10.7. The normalized spacial score (nSPS) is 17.2. The van der Waals surface area contributed by atoms with E-state index in [0.29, 0.717) is 31.6 Å². The molecule has 0 aliphatic carbocycles. The smallest absolute Gasteiger partial charge is 0.370 e. The van der Waals surface area contributed by atoms with Crippen LogP contribution in [0.2, 0.25) is 0 Å². The summed E-state index contributed by atoms with van der Waals surface area (Å²) in [6, 6.07) is 11.4. The van der Waals surface area contributed by atoms with E-state index in [4.69, 9.17) is 0 Å². The topological polar surface area (TPSA) is 70.1 Å². The summed E-state index contributed by atoms with van der Waals surface area (Å²) in [5.74, 6) is 1.01. The van der Waals surface area contributed by atoms with E-state index in [1.54, 1.807) is 6.20 Å². The molecule has 4 heterocycles. The van der Waals surface area contributed by atoms with Crippen LogP contribution in [0.5, 0.6) is 0 Å². The summed E-state index contributed by atoms with van der Waals surface area (Å²) in [7, 11) is 0. The number of nitrogens with zero attached hydrogens (tertiary/aromatic N) is 3. The molecular weight excluding hydrogens is 491 g/mol. The highest BCUT2D eigenvalue weighted by molar-refractivity contribution is 5.94. The number of anilines is 1. The van der Waals surface area contributed by atoms with Gasteiger partial charge in [0.25, 0.3) is 5.91 Å². The van der Waals surface area contributed by atoms with Crippen molar-refractivity contribution in [2.24, 2.45) is 5.92 Å². The van der Waals surface area contributed by atoms with Crippen LogP contribution < -0.4 is 10.6 Å². The molecule has 1 amide bonds. The van der Waals surface area contributed by atoms with Crippen LogP contribution in [0.3, 0.4) is 0 Å². The summed E-state index contributed by atoms with van der Waals surface area (Å²) in [5, 5.41) is 6.31. The third-order valence-corrected chi connectivity index (χ3v) is 7.23. The highest BCUT2D eigenvalue weighted by Crippen LogP contribution is 2.39. The Morgan fingerprint density at radius 3 is 2.68 bits per heavy atom. The first-order valence-corrected chi connectivity index (χ1v) is 13.1. The van der Waals surface area contributed by atoms with Gasteiger partial charge in [-0.3, -0.25) is 14.7 Å². The van der Waals surface area contributed by atoms with Gasteiger partial charge in [-0.1, -0.05) is 32.0 Å². The predicted octanol–water partition coefficient (Wildman–Crippen LogP) is 5.54. The number of halogens is 3. The molecule has 0 spiro atoms. The summed E-state index contributed by atoms with van der Waals surface area (Å²) in [6.07, 6.45) is 0.0560. The number of benzene rings is 1. The van der Waals surface area contributed by atoms with E-state index >= 15 is 0 Å².